The van der Waals surface area contributed by atoms with Gasteiger partial charge >= 0.3 is 6.18 Å². The van der Waals surface area contributed by atoms with Crippen molar-refractivity contribution >= 4 is 5.91 Å². The maximum absolute atomic E-state index is 14.4. The quantitative estimate of drug-likeness (QED) is 0.714. The number of nitrogens with zero attached hydrogens (tertiary/aromatic N) is 2. The van der Waals surface area contributed by atoms with E-state index in [1.54, 1.807) is 18.1 Å². The van der Waals surface area contributed by atoms with E-state index in [1.807, 2.05) is 6.92 Å². The van der Waals surface area contributed by atoms with E-state index in [1.165, 1.54) is 6.20 Å². The fraction of sp³-hybridized carbons (Fsp3) is 0.400. The molecule has 3 rings (SSSR count). The first-order valence-corrected chi connectivity index (χ1v) is 8.80. The Morgan fingerprint density at radius 2 is 2.00 bits per heavy atom. The van der Waals surface area contributed by atoms with Crippen molar-refractivity contribution in [3.05, 3.63) is 53.1 Å². The number of carbonyl (C=O) groups excluding carboxylic acids is 1. The smallest absolute Gasteiger partial charge is 0.346 e. The fourth-order valence-electron chi connectivity index (χ4n) is 3.51. The second-order valence-corrected chi connectivity index (χ2v) is 6.79. The van der Waals surface area contributed by atoms with Crippen LogP contribution in [0.5, 0.6) is 0 Å². The van der Waals surface area contributed by atoms with Gasteiger partial charge in [0.1, 0.15) is 5.82 Å². The van der Waals surface area contributed by atoms with Gasteiger partial charge in [0, 0.05) is 43.5 Å². The summed E-state index contributed by atoms with van der Waals surface area (Å²) in [6.07, 6.45) is 0.288. The molecule has 3 nitrogen and oxygen atoms in total. The van der Waals surface area contributed by atoms with Gasteiger partial charge in [0.25, 0.3) is 0 Å². The summed E-state index contributed by atoms with van der Waals surface area (Å²) in [6.45, 7) is 2.51. The van der Waals surface area contributed by atoms with Crippen LogP contribution in [0.3, 0.4) is 0 Å². The number of fused-ring (bicyclic) bond motifs is 1. The Balaban J connectivity index is 1.94. The molecule has 1 amide bonds. The molecule has 1 heterocycles. The van der Waals surface area contributed by atoms with Gasteiger partial charge in [-0.15, -0.1) is 0 Å². The van der Waals surface area contributed by atoms with E-state index in [0.717, 1.165) is 29.7 Å². The van der Waals surface area contributed by atoms with Crippen molar-refractivity contribution in [2.75, 3.05) is 13.6 Å². The molecule has 1 atom stereocenters. The Hall–Kier alpha value is -2.44. The standard InChI is InChI=1S/C20H20F4N2O/c1-3-26(2)19(27)8-12-4-6-14-16(12)10-25-11-17(14)15-7-5-13(9-18(15)21)20(22,23)24/h5,7,9-12H,3-4,6,8H2,1-2H3. The zero-order chi connectivity index (χ0) is 19.8. The number of hydrogen-bond acceptors (Lipinski definition) is 2. The Morgan fingerprint density at radius 1 is 1.26 bits per heavy atom. The molecule has 0 radical (unpaired) electrons. The van der Waals surface area contributed by atoms with Crippen LogP contribution in [0.2, 0.25) is 0 Å². The number of hydrogen-bond donors (Lipinski definition) is 0. The summed E-state index contributed by atoms with van der Waals surface area (Å²) in [5.41, 5.74) is 1.32. The van der Waals surface area contributed by atoms with E-state index in [-0.39, 0.29) is 17.4 Å². The molecule has 0 saturated carbocycles. The highest BCUT2D eigenvalue weighted by Gasteiger charge is 2.32. The number of aromatic nitrogens is 1. The lowest BCUT2D eigenvalue weighted by Gasteiger charge is -2.18. The van der Waals surface area contributed by atoms with E-state index >= 15 is 0 Å². The van der Waals surface area contributed by atoms with Crippen molar-refractivity contribution in [1.82, 2.24) is 9.88 Å². The summed E-state index contributed by atoms with van der Waals surface area (Å²) in [7, 11) is 1.74. The lowest BCUT2D eigenvalue weighted by atomic mass is 9.95. The molecule has 0 saturated heterocycles. The monoisotopic (exact) mass is 380 g/mol. The highest BCUT2D eigenvalue weighted by atomic mass is 19.4. The average molecular weight is 380 g/mol. The van der Waals surface area contributed by atoms with Gasteiger partial charge in [-0.25, -0.2) is 4.39 Å². The maximum Gasteiger partial charge on any atom is 0.416 e. The van der Waals surface area contributed by atoms with Crippen molar-refractivity contribution in [3.63, 3.8) is 0 Å². The number of pyridine rings is 1. The Morgan fingerprint density at radius 3 is 2.63 bits per heavy atom. The number of rotatable bonds is 4. The van der Waals surface area contributed by atoms with E-state index < -0.39 is 17.6 Å². The van der Waals surface area contributed by atoms with Gasteiger partial charge in [-0.1, -0.05) is 6.07 Å². The first-order valence-electron chi connectivity index (χ1n) is 8.80. The molecule has 144 valence electrons. The van der Waals surface area contributed by atoms with E-state index in [0.29, 0.717) is 31.0 Å². The van der Waals surface area contributed by atoms with Crippen molar-refractivity contribution in [3.8, 4) is 11.1 Å². The van der Waals surface area contributed by atoms with Gasteiger partial charge in [-0.05, 0) is 48.9 Å². The molecule has 27 heavy (non-hydrogen) atoms. The van der Waals surface area contributed by atoms with Crippen LogP contribution in [0, 0.1) is 5.82 Å². The highest BCUT2D eigenvalue weighted by Crippen LogP contribution is 2.41. The number of alkyl halides is 3. The lowest BCUT2D eigenvalue weighted by Crippen LogP contribution is -2.27. The second-order valence-electron chi connectivity index (χ2n) is 6.79. The van der Waals surface area contributed by atoms with Crippen LogP contribution in [0.25, 0.3) is 11.1 Å². The largest absolute Gasteiger partial charge is 0.416 e. The second kappa shape index (κ2) is 7.29. The zero-order valence-electron chi connectivity index (χ0n) is 15.1. The fourth-order valence-corrected chi connectivity index (χ4v) is 3.51. The van der Waals surface area contributed by atoms with Crippen LogP contribution >= 0.6 is 0 Å². The minimum absolute atomic E-state index is 0.00791. The van der Waals surface area contributed by atoms with E-state index in [9.17, 15) is 22.4 Å². The Labute approximate surface area is 155 Å². The third kappa shape index (κ3) is 3.82. The summed E-state index contributed by atoms with van der Waals surface area (Å²) < 4.78 is 52.7. The molecule has 1 aromatic heterocycles. The number of carbonyl (C=O) groups is 1. The summed E-state index contributed by atoms with van der Waals surface area (Å²) in [5, 5.41) is 0. The minimum atomic E-state index is -4.59. The zero-order valence-corrected chi connectivity index (χ0v) is 15.1. The van der Waals surface area contributed by atoms with Crippen LogP contribution in [0.4, 0.5) is 17.6 Å². The summed E-state index contributed by atoms with van der Waals surface area (Å²) in [6, 6.07) is 2.55. The molecule has 0 N–H and O–H groups in total. The molecule has 0 spiro atoms. The van der Waals surface area contributed by atoms with Gasteiger partial charge in [0.2, 0.25) is 5.91 Å². The first-order chi connectivity index (χ1) is 12.7. The van der Waals surface area contributed by atoms with Crippen molar-refractivity contribution in [2.24, 2.45) is 0 Å². The summed E-state index contributed by atoms with van der Waals surface area (Å²) in [5.74, 6) is -0.904. The molecule has 0 fully saturated rings. The first kappa shape index (κ1) is 19.3. The third-order valence-corrected chi connectivity index (χ3v) is 5.18. The van der Waals surface area contributed by atoms with Gasteiger partial charge < -0.3 is 4.90 Å². The third-order valence-electron chi connectivity index (χ3n) is 5.18. The molecule has 1 aliphatic rings. The summed E-state index contributed by atoms with van der Waals surface area (Å²) in [4.78, 5) is 18.0. The van der Waals surface area contributed by atoms with Crippen molar-refractivity contribution in [1.29, 1.82) is 0 Å². The highest BCUT2D eigenvalue weighted by molar-refractivity contribution is 5.78. The maximum atomic E-state index is 14.4. The predicted octanol–water partition coefficient (Wildman–Crippen LogP) is 4.80. The van der Waals surface area contributed by atoms with Crippen LogP contribution in [-0.2, 0) is 17.4 Å². The van der Waals surface area contributed by atoms with Gasteiger partial charge in [0.15, 0.2) is 0 Å². The molecular weight excluding hydrogens is 360 g/mol. The number of benzene rings is 1. The van der Waals surface area contributed by atoms with Crippen molar-refractivity contribution in [2.45, 2.75) is 38.3 Å². The Bertz CT molecular complexity index is 864. The van der Waals surface area contributed by atoms with Crippen LogP contribution in [0.1, 0.15) is 42.4 Å². The SMILES string of the molecule is CCN(C)C(=O)CC1CCc2c(-c3ccc(C(F)(F)F)cc3F)cncc21. The van der Waals surface area contributed by atoms with E-state index in [4.69, 9.17) is 0 Å². The predicted molar refractivity (Wildman–Crippen MR) is 93.6 cm³/mol. The van der Waals surface area contributed by atoms with Gasteiger partial charge in [-0.2, -0.15) is 13.2 Å². The molecule has 7 heteroatoms. The van der Waals surface area contributed by atoms with Gasteiger partial charge in [-0.3, -0.25) is 9.78 Å². The van der Waals surface area contributed by atoms with Crippen LogP contribution in [-0.4, -0.2) is 29.4 Å². The normalized spacial score (nSPS) is 16.3. The topological polar surface area (TPSA) is 33.2 Å². The van der Waals surface area contributed by atoms with Gasteiger partial charge in [0.05, 0.1) is 5.56 Å². The molecule has 2 aromatic rings. The molecule has 0 aliphatic heterocycles. The van der Waals surface area contributed by atoms with E-state index in [2.05, 4.69) is 4.98 Å². The van der Waals surface area contributed by atoms with Crippen molar-refractivity contribution < 1.29 is 22.4 Å². The summed E-state index contributed by atoms with van der Waals surface area (Å²) >= 11 is 0. The van der Waals surface area contributed by atoms with Crippen LogP contribution in [0.15, 0.2) is 30.6 Å². The lowest BCUT2D eigenvalue weighted by molar-refractivity contribution is -0.137. The number of amides is 1. The minimum Gasteiger partial charge on any atom is -0.346 e. The number of halogens is 4. The molecular formula is C20H20F4N2O. The molecule has 1 unspecified atom stereocenters. The average Bonchev–Trinajstić information content (AvgIpc) is 3.03. The molecule has 1 aliphatic carbocycles. The van der Waals surface area contributed by atoms with Crippen LogP contribution < -0.4 is 0 Å². The molecule has 0 bridgehead atoms. The Kier molecular flexibility index (Phi) is 5.22. The molecule has 1 aromatic carbocycles.